The summed E-state index contributed by atoms with van der Waals surface area (Å²) in [5.74, 6) is 0.421. The lowest BCUT2D eigenvalue weighted by Gasteiger charge is -2.20. The summed E-state index contributed by atoms with van der Waals surface area (Å²) in [5.41, 5.74) is 4.46. The molecule has 2 heteroatoms. The van der Waals surface area contributed by atoms with Crippen molar-refractivity contribution < 1.29 is 0 Å². The molecule has 1 heterocycles. The third kappa shape index (κ3) is 2.31. The molecular formula is C15H20N2. The second kappa shape index (κ2) is 4.10. The highest BCUT2D eigenvalue weighted by atomic mass is 14.8. The van der Waals surface area contributed by atoms with Crippen LogP contribution in [0.1, 0.15) is 51.8 Å². The molecule has 0 aliphatic heterocycles. The van der Waals surface area contributed by atoms with Crippen molar-refractivity contribution in [2.75, 3.05) is 0 Å². The molecule has 0 unspecified atom stereocenters. The summed E-state index contributed by atoms with van der Waals surface area (Å²) < 4.78 is 0. The zero-order valence-corrected chi connectivity index (χ0v) is 11.3. The lowest BCUT2D eigenvalue weighted by molar-refractivity contribution is 0.594. The smallest absolute Gasteiger partial charge is 0.0924 e. The predicted molar refractivity (Wildman–Crippen MR) is 72.3 cm³/mol. The Labute approximate surface area is 103 Å². The summed E-state index contributed by atoms with van der Waals surface area (Å²) in [7, 11) is 0. The molecule has 0 N–H and O–H groups in total. The fraction of sp³-hybridized carbons (Fsp3) is 0.467. The minimum absolute atomic E-state index is 0.105. The van der Waals surface area contributed by atoms with E-state index in [1.807, 2.05) is 12.3 Å². The number of hydrogen-bond acceptors (Lipinski definition) is 2. The summed E-state index contributed by atoms with van der Waals surface area (Å²) >= 11 is 0. The monoisotopic (exact) mass is 228 g/mol. The lowest BCUT2D eigenvalue weighted by Crippen LogP contribution is -2.12. The highest BCUT2D eigenvalue weighted by molar-refractivity contribution is 5.79. The number of fused-ring (bicyclic) bond motifs is 1. The van der Waals surface area contributed by atoms with E-state index in [-0.39, 0.29) is 5.41 Å². The fourth-order valence-electron chi connectivity index (χ4n) is 1.94. The van der Waals surface area contributed by atoms with Crippen molar-refractivity contribution in [1.29, 1.82) is 0 Å². The van der Waals surface area contributed by atoms with Gasteiger partial charge in [0.15, 0.2) is 0 Å². The second-order valence-corrected chi connectivity index (χ2v) is 5.87. The standard InChI is InChI=1S/C15H20N2/c1-10(2)13-9-16-14-11(15(3,4)5)7-6-8-12(14)17-13/h6-10H,1-5H3. The van der Waals surface area contributed by atoms with Crippen LogP contribution in [-0.4, -0.2) is 9.97 Å². The van der Waals surface area contributed by atoms with Crippen molar-refractivity contribution in [3.05, 3.63) is 35.7 Å². The third-order valence-electron chi connectivity index (χ3n) is 2.99. The minimum atomic E-state index is 0.105. The van der Waals surface area contributed by atoms with Crippen molar-refractivity contribution in [3.8, 4) is 0 Å². The van der Waals surface area contributed by atoms with Crippen LogP contribution in [0.15, 0.2) is 24.4 Å². The number of benzene rings is 1. The second-order valence-electron chi connectivity index (χ2n) is 5.87. The molecule has 1 aromatic carbocycles. The maximum absolute atomic E-state index is 4.69. The SMILES string of the molecule is CC(C)c1cnc2c(C(C)(C)C)cccc2n1. The van der Waals surface area contributed by atoms with Gasteiger partial charge in [-0.2, -0.15) is 0 Å². The number of para-hydroxylation sites is 1. The van der Waals surface area contributed by atoms with Crippen LogP contribution in [0.4, 0.5) is 0 Å². The Morgan fingerprint density at radius 1 is 1.12 bits per heavy atom. The molecule has 0 fully saturated rings. The fourth-order valence-corrected chi connectivity index (χ4v) is 1.94. The highest BCUT2D eigenvalue weighted by Crippen LogP contribution is 2.28. The predicted octanol–water partition coefficient (Wildman–Crippen LogP) is 4.05. The van der Waals surface area contributed by atoms with Gasteiger partial charge in [0.25, 0.3) is 0 Å². The highest BCUT2D eigenvalue weighted by Gasteiger charge is 2.18. The van der Waals surface area contributed by atoms with E-state index in [1.54, 1.807) is 0 Å². The molecule has 0 spiro atoms. The molecule has 0 aliphatic carbocycles. The molecule has 2 aromatic rings. The average molecular weight is 228 g/mol. The zero-order valence-electron chi connectivity index (χ0n) is 11.3. The maximum atomic E-state index is 4.69. The first-order valence-corrected chi connectivity index (χ1v) is 6.16. The Bertz CT molecular complexity index is 536. The van der Waals surface area contributed by atoms with Crippen LogP contribution in [-0.2, 0) is 5.41 Å². The van der Waals surface area contributed by atoms with Gasteiger partial charge < -0.3 is 0 Å². The van der Waals surface area contributed by atoms with Gasteiger partial charge in [-0.15, -0.1) is 0 Å². The Morgan fingerprint density at radius 2 is 1.82 bits per heavy atom. The molecule has 90 valence electrons. The van der Waals surface area contributed by atoms with Crippen LogP contribution in [0.2, 0.25) is 0 Å². The molecule has 0 aliphatic rings. The van der Waals surface area contributed by atoms with Gasteiger partial charge in [-0.3, -0.25) is 4.98 Å². The molecule has 0 saturated heterocycles. The molecular weight excluding hydrogens is 208 g/mol. The first-order chi connectivity index (χ1) is 7.89. The van der Waals surface area contributed by atoms with E-state index in [0.717, 1.165) is 16.7 Å². The third-order valence-corrected chi connectivity index (χ3v) is 2.99. The minimum Gasteiger partial charge on any atom is -0.252 e. The molecule has 0 amide bonds. The van der Waals surface area contributed by atoms with Crippen LogP contribution < -0.4 is 0 Å². The van der Waals surface area contributed by atoms with Gasteiger partial charge in [0.2, 0.25) is 0 Å². The zero-order chi connectivity index (χ0) is 12.6. The van der Waals surface area contributed by atoms with E-state index in [0.29, 0.717) is 5.92 Å². The van der Waals surface area contributed by atoms with Gasteiger partial charge in [-0.1, -0.05) is 46.8 Å². The molecule has 0 bridgehead atoms. The van der Waals surface area contributed by atoms with Gasteiger partial charge >= 0.3 is 0 Å². The first-order valence-electron chi connectivity index (χ1n) is 6.16. The number of aromatic nitrogens is 2. The lowest BCUT2D eigenvalue weighted by atomic mass is 9.86. The van der Waals surface area contributed by atoms with Gasteiger partial charge in [0.1, 0.15) is 0 Å². The first kappa shape index (κ1) is 12.0. The Hall–Kier alpha value is -1.44. The van der Waals surface area contributed by atoms with Crippen LogP contribution in [0, 0.1) is 0 Å². The van der Waals surface area contributed by atoms with Crippen LogP contribution in [0.5, 0.6) is 0 Å². The average Bonchev–Trinajstić information content (AvgIpc) is 2.26. The Balaban J connectivity index is 2.67. The normalized spacial score (nSPS) is 12.4. The van der Waals surface area contributed by atoms with Gasteiger partial charge in [-0.05, 0) is 23.0 Å². The number of hydrogen-bond donors (Lipinski definition) is 0. The van der Waals surface area contributed by atoms with Gasteiger partial charge in [0, 0.05) is 6.20 Å². The van der Waals surface area contributed by atoms with E-state index in [4.69, 9.17) is 0 Å². The largest absolute Gasteiger partial charge is 0.252 e. The quantitative estimate of drug-likeness (QED) is 0.736. The van der Waals surface area contributed by atoms with Crippen molar-refractivity contribution in [1.82, 2.24) is 9.97 Å². The molecule has 2 nitrogen and oxygen atoms in total. The Morgan fingerprint density at radius 3 is 2.41 bits per heavy atom. The molecule has 0 saturated carbocycles. The van der Waals surface area contributed by atoms with Gasteiger partial charge in [0.05, 0.1) is 16.7 Å². The molecule has 2 rings (SSSR count). The molecule has 1 aromatic heterocycles. The van der Waals surface area contributed by atoms with Crippen molar-refractivity contribution >= 4 is 11.0 Å². The van der Waals surface area contributed by atoms with E-state index in [2.05, 4.69) is 56.7 Å². The number of rotatable bonds is 1. The van der Waals surface area contributed by atoms with Crippen LogP contribution in [0.3, 0.4) is 0 Å². The summed E-state index contributed by atoms with van der Waals surface area (Å²) in [6.07, 6.45) is 1.90. The van der Waals surface area contributed by atoms with E-state index in [1.165, 1.54) is 5.56 Å². The van der Waals surface area contributed by atoms with E-state index in [9.17, 15) is 0 Å². The van der Waals surface area contributed by atoms with Crippen LogP contribution >= 0.6 is 0 Å². The Kier molecular flexibility index (Phi) is 2.90. The number of nitrogens with zero attached hydrogens (tertiary/aromatic N) is 2. The maximum Gasteiger partial charge on any atom is 0.0924 e. The molecule has 0 atom stereocenters. The topological polar surface area (TPSA) is 25.8 Å². The molecule has 0 radical (unpaired) electrons. The summed E-state index contributed by atoms with van der Waals surface area (Å²) in [5, 5.41) is 0. The van der Waals surface area contributed by atoms with E-state index < -0.39 is 0 Å². The van der Waals surface area contributed by atoms with Crippen molar-refractivity contribution in [2.24, 2.45) is 0 Å². The summed E-state index contributed by atoms with van der Waals surface area (Å²) in [4.78, 5) is 9.29. The van der Waals surface area contributed by atoms with E-state index >= 15 is 0 Å². The summed E-state index contributed by atoms with van der Waals surface area (Å²) in [6.45, 7) is 10.9. The van der Waals surface area contributed by atoms with Gasteiger partial charge in [-0.25, -0.2) is 4.98 Å². The van der Waals surface area contributed by atoms with Crippen LogP contribution in [0.25, 0.3) is 11.0 Å². The molecule has 17 heavy (non-hydrogen) atoms. The van der Waals surface area contributed by atoms with Crippen molar-refractivity contribution in [3.63, 3.8) is 0 Å². The summed E-state index contributed by atoms with van der Waals surface area (Å²) in [6, 6.07) is 6.26. The van der Waals surface area contributed by atoms with Crippen molar-refractivity contribution in [2.45, 2.75) is 46.0 Å².